The Morgan fingerprint density at radius 3 is 2.19 bits per heavy atom. The van der Waals surface area contributed by atoms with Crippen LogP contribution in [0.4, 0.5) is 5.69 Å². The molecule has 0 aromatic heterocycles. The maximum atomic E-state index is 12.2. The van der Waals surface area contributed by atoms with Crippen LogP contribution in [0.3, 0.4) is 0 Å². The Morgan fingerprint density at radius 1 is 0.968 bits per heavy atom. The maximum Gasteiger partial charge on any atom is 0.244 e. The number of piperazine rings is 1. The molecule has 1 fully saturated rings. The van der Waals surface area contributed by atoms with Crippen molar-refractivity contribution in [3.8, 4) is 17.2 Å². The average Bonchev–Trinajstić information content (AvgIpc) is 2.83. The van der Waals surface area contributed by atoms with Crippen molar-refractivity contribution in [2.24, 2.45) is 0 Å². The number of benzene rings is 2. The van der Waals surface area contributed by atoms with Crippen LogP contribution in [-0.2, 0) is 4.79 Å². The van der Waals surface area contributed by atoms with Crippen molar-refractivity contribution in [2.45, 2.75) is 0 Å². The number of hydrogen-bond donors (Lipinski definition) is 1. The van der Waals surface area contributed by atoms with E-state index in [4.69, 9.17) is 14.2 Å². The molecule has 1 heterocycles. The third-order valence-corrected chi connectivity index (χ3v) is 5.34. The first-order valence-electron chi connectivity index (χ1n) is 10.4. The van der Waals surface area contributed by atoms with Gasteiger partial charge in [-0.2, -0.15) is 0 Å². The van der Waals surface area contributed by atoms with Gasteiger partial charge in [0, 0.05) is 51.0 Å². The highest BCUT2D eigenvalue weighted by molar-refractivity contribution is 5.91. The van der Waals surface area contributed by atoms with Gasteiger partial charge in [0.05, 0.1) is 21.3 Å². The fourth-order valence-corrected chi connectivity index (χ4v) is 3.63. The van der Waals surface area contributed by atoms with Gasteiger partial charge in [0.2, 0.25) is 11.7 Å². The van der Waals surface area contributed by atoms with E-state index in [0.29, 0.717) is 23.8 Å². The van der Waals surface area contributed by atoms with Gasteiger partial charge in [-0.3, -0.25) is 9.69 Å². The molecule has 166 valence electrons. The summed E-state index contributed by atoms with van der Waals surface area (Å²) in [5, 5.41) is 2.95. The van der Waals surface area contributed by atoms with E-state index >= 15 is 0 Å². The summed E-state index contributed by atoms with van der Waals surface area (Å²) >= 11 is 0. The Hall–Kier alpha value is -3.19. The molecular weight excluding hydrogens is 394 g/mol. The summed E-state index contributed by atoms with van der Waals surface area (Å²) in [4.78, 5) is 17.0. The van der Waals surface area contributed by atoms with E-state index in [2.05, 4.69) is 39.4 Å². The van der Waals surface area contributed by atoms with Gasteiger partial charge in [0.25, 0.3) is 0 Å². The summed E-state index contributed by atoms with van der Waals surface area (Å²) in [6.45, 7) is 5.44. The Balaban J connectivity index is 1.44. The first kappa shape index (κ1) is 22.5. The second-order valence-corrected chi connectivity index (χ2v) is 7.25. The van der Waals surface area contributed by atoms with Crippen molar-refractivity contribution in [1.82, 2.24) is 10.2 Å². The quantitative estimate of drug-likeness (QED) is 0.624. The van der Waals surface area contributed by atoms with Crippen LogP contribution in [0, 0.1) is 0 Å². The monoisotopic (exact) mass is 425 g/mol. The van der Waals surface area contributed by atoms with Crippen molar-refractivity contribution in [3.05, 3.63) is 54.1 Å². The zero-order chi connectivity index (χ0) is 22.1. The predicted octanol–water partition coefficient (Wildman–Crippen LogP) is 2.66. The highest BCUT2D eigenvalue weighted by Gasteiger charge is 2.16. The molecule has 0 spiro atoms. The predicted molar refractivity (Wildman–Crippen MR) is 123 cm³/mol. The van der Waals surface area contributed by atoms with Gasteiger partial charge < -0.3 is 24.4 Å². The van der Waals surface area contributed by atoms with E-state index in [9.17, 15) is 4.79 Å². The molecule has 1 saturated heterocycles. The van der Waals surface area contributed by atoms with Crippen molar-refractivity contribution in [3.63, 3.8) is 0 Å². The summed E-state index contributed by atoms with van der Waals surface area (Å²) < 4.78 is 16.0. The van der Waals surface area contributed by atoms with E-state index < -0.39 is 0 Å². The first-order chi connectivity index (χ1) is 15.1. The first-order valence-corrected chi connectivity index (χ1v) is 10.4. The van der Waals surface area contributed by atoms with E-state index in [1.54, 1.807) is 39.5 Å². The normalized spacial score (nSPS) is 14.5. The lowest BCUT2D eigenvalue weighted by Crippen LogP contribution is -2.48. The van der Waals surface area contributed by atoms with Gasteiger partial charge in [0.1, 0.15) is 0 Å². The van der Waals surface area contributed by atoms with Gasteiger partial charge in [-0.15, -0.1) is 0 Å². The fraction of sp³-hybridized carbons (Fsp3) is 0.375. The third kappa shape index (κ3) is 6.15. The van der Waals surface area contributed by atoms with Crippen LogP contribution < -0.4 is 24.4 Å². The van der Waals surface area contributed by atoms with Crippen LogP contribution in [-0.4, -0.2) is 71.4 Å². The maximum absolute atomic E-state index is 12.2. The number of carbonyl (C=O) groups is 1. The molecule has 0 bridgehead atoms. The molecule has 1 N–H and O–H groups in total. The molecule has 0 atom stereocenters. The summed E-state index contributed by atoms with van der Waals surface area (Å²) in [7, 11) is 4.69. The number of nitrogens with one attached hydrogen (secondary N) is 1. The minimum atomic E-state index is -0.128. The van der Waals surface area contributed by atoms with Crippen LogP contribution in [0.5, 0.6) is 17.2 Å². The molecule has 1 aliphatic heterocycles. The van der Waals surface area contributed by atoms with E-state index in [0.717, 1.165) is 38.3 Å². The summed E-state index contributed by atoms with van der Waals surface area (Å²) in [6, 6.07) is 14.1. The van der Waals surface area contributed by atoms with Crippen LogP contribution in [0.25, 0.3) is 6.08 Å². The number of para-hydroxylation sites is 1. The van der Waals surface area contributed by atoms with Gasteiger partial charge in [-0.25, -0.2) is 0 Å². The molecule has 0 saturated carbocycles. The molecule has 7 nitrogen and oxygen atoms in total. The molecule has 0 aliphatic carbocycles. The third-order valence-electron chi connectivity index (χ3n) is 5.34. The Morgan fingerprint density at radius 2 is 1.61 bits per heavy atom. The largest absolute Gasteiger partial charge is 0.493 e. The number of nitrogens with zero attached hydrogens (tertiary/aromatic N) is 2. The molecule has 31 heavy (non-hydrogen) atoms. The number of amides is 1. The molecule has 0 radical (unpaired) electrons. The van der Waals surface area contributed by atoms with Crippen molar-refractivity contribution in [2.75, 3.05) is 65.5 Å². The lowest BCUT2D eigenvalue weighted by Gasteiger charge is -2.36. The minimum absolute atomic E-state index is 0.128. The highest BCUT2D eigenvalue weighted by Crippen LogP contribution is 2.38. The van der Waals surface area contributed by atoms with E-state index in [-0.39, 0.29) is 5.91 Å². The number of methoxy groups -OCH3 is 3. The molecule has 0 unspecified atom stereocenters. The number of rotatable bonds is 9. The van der Waals surface area contributed by atoms with Crippen LogP contribution in [0.2, 0.25) is 0 Å². The van der Waals surface area contributed by atoms with E-state index in [1.807, 2.05) is 6.07 Å². The lowest BCUT2D eigenvalue weighted by molar-refractivity contribution is -0.116. The molecule has 2 aromatic carbocycles. The summed E-state index contributed by atoms with van der Waals surface area (Å²) in [6.07, 6.45) is 3.26. The Kier molecular flexibility index (Phi) is 8.18. The van der Waals surface area contributed by atoms with Crippen molar-refractivity contribution >= 4 is 17.7 Å². The second kappa shape index (κ2) is 11.3. The molecular formula is C24H31N3O4. The SMILES string of the molecule is COc1cc(/C=C/C(=O)NCCN2CCN(c3ccccc3)CC2)cc(OC)c1OC. The van der Waals surface area contributed by atoms with Crippen LogP contribution >= 0.6 is 0 Å². The number of anilines is 1. The zero-order valence-corrected chi connectivity index (χ0v) is 18.5. The van der Waals surface area contributed by atoms with Crippen molar-refractivity contribution in [1.29, 1.82) is 0 Å². The standard InChI is InChI=1S/C24H31N3O4/c1-29-21-17-19(18-22(30-2)24(21)31-3)9-10-23(28)25-11-12-26-13-15-27(16-14-26)20-7-5-4-6-8-20/h4-10,17-18H,11-16H2,1-3H3,(H,25,28)/b10-9+. The van der Waals surface area contributed by atoms with Gasteiger partial charge in [-0.05, 0) is 35.9 Å². The molecule has 7 heteroatoms. The van der Waals surface area contributed by atoms with E-state index in [1.165, 1.54) is 11.8 Å². The van der Waals surface area contributed by atoms with Gasteiger partial charge in [0.15, 0.2) is 11.5 Å². The lowest BCUT2D eigenvalue weighted by atomic mass is 10.1. The zero-order valence-electron chi connectivity index (χ0n) is 18.5. The molecule has 3 rings (SSSR count). The van der Waals surface area contributed by atoms with Gasteiger partial charge >= 0.3 is 0 Å². The molecule has 1 aliphatic rings. The number of hydrogen-bond acceptors (Lipinski definition) is 6. The summed E-state index contributed by atoms with van der Waals surface area (Å²) in [5.41, 5.74) is 2.06. The Labute approximate surface area is 184 Å². The van der Waals surface area contributed by atoms with Crippen LogP contribution in [0.15, 0.2) is 48.5 Å². The van der Waals surface area contributed by atoms with Crippen LogP contribution in [0.1, 0.15) is 5.56 Å². The second-order valence-electron chi connectivity index (χ2n) is 7.25. The molecule has 1 amide bonds. The minimum Gasteiger partial charge on any atom is -0.493 e. The topological polar surface area (TPSA) is 63.3 Å². The van der Waals surface area contributed by atoms with Gasteiger partial charge in [-0.1, -0.05) is 18.2 Å². The highest BCUT2D eigenvalue weighted by atomic mass is 16.5. The number of ether oxygens (including phenoxy) is 3. The Bertz CT molecular complexity index is 853. The number of carbonyl (C=O) groups excluding carboxylic acids is 1. The average molecular weight is 426 g/mol. The fourth-order valence-electron chi connectivity index (χ4n) is 3.63. The van der Waals surface area contributed by atoms with Crippen molar-refractivity contribution < 1.29 is 19.0 Å². The molecule has 2 aromatic rings. The smallest absolute Gasteiger partial charge is 0.244 e. The summed E-state index contributed by atoms with van der Waals surface area (Å²) in [5.74, 6) is 1.50.